The van der Waals surface area contributed by atoms with E-state index in [1.807, 2.05) is 12.1 Å². The number of fused-ring (bicyclic) bond motifs is 6. The number of carbonyl (C=O) groups is 1. The molecule has 2 aromatic heterocycles. The summed E-state index contributed by atoms with van der Waals surface area (Å²) >= 11 is 2.79. The van der Waals surface area contributed by atoms with E-state index in [-0.39, 0.29) is 23.0 Å². The number of thioether (sulfide) groups is 1. The molecule has 5 atom stereocenters. The number of carbonyl (C=O) groups excluding carboxylic acids is 1. The first-order valence-electron chi connectivity index (χ1n) is 11.2. The maximum Gasteiger partial charge on any atom is 0.418 e. The number of benzene rings is 1. The fraction of sp³-hybridized carbons (Fsp3) is 0.417. The zero-order valence-electron chi connectivity index (χ0n) is 17.9. The van der Waals surface area contributed by atoms with E-state index in [9.17, 15) is 22.8 Å². The molecule has 10 heteroatoms. The van der Waals surface area contributed by atoms with Crippen LogP contribution >= 0.6 is 23.1 Å². The summed E-state index contributed by atoms with van der Waals surface area (Å²) in [6, 6.07) is 8.65. The molecule has 178 valence electrons. The molecule has 34 heavy (non-hydrogen) atoms. The highest BCUT2D eigenvalue weighted by molar-refractivity contribution is 8.00. The Balaban J connectivity index is 1.33. The molecule has 3 heterocycles. The van der Waals surface area contributed by atoms with Crippen LogP contribution in [0.5, 0.6) is 0 Å². The van der Waals surface area contributed by atoms with Crippen LogP contribution in [-0.2, 0) is 17.5 Å². The average Bonchev–Trinajstić information content (AvgIpc) is 3.58. The van der Waals surface area contributed by atoms with Crippen molar-refractivity contribution in [1.82, 2.24) is 4.57 Å². The number of rotatable bonds is 4. The number of para-hydroxylation sites is 1. The van der Waals surface area contributed by atoms with Gasteiger partial charge in [-0.25, -0.2) is 0 Å². The summed E-state index contributed by atoms with van der Waals surface area (Å²) < 4.78 is 47.2. The number of nitrogens with zero attached hydrogens (tertiary/aromatic N) is 1. The number of hydrogen-bond acceptors (Lipinski definition) is 5. The monoisotopic (exact) mass is 506 g/mol. The number of aromatic nitrogens is 1. The average molecular weight is 507 g/mol. The predicted octanol–water partition coefficient (Wildman–Crippen LogP) is 5.81. The lowest BCUT2D eigenvalue weighted by Crippen LogP contribution is -2.34. The molecule has 3 aromatic rings. The maximum absolute atomic E-state index is 13.3. The molecule has 2 fully saturated rings. The highest BCUT2D eigenvalue weighted by Crippen LogP contribution is 2.64. The molecular weight excluding hydrogens is 485 g/mol. The van der Waals surface area contributed by atoms with E-state index in [2.05, 4.69) is 5.32 Å². The summed E-state index contributed by atoms with van der Waals surface area (Å²) in [6.07, 6.45) is 0.584. The number of nitrogens with one attached hydrogen (secondary N) is 1. The lowest BCUT2D eigenvalue weighted by molar-refractivity contribution is -0.137. The van der Waals surface area contributed by atoms with Gasteiger partial charge in [-0.3, -0.25) is 14.2 Å². The predicted molar refractivity (Wildman–Crippen MR) is 123 cm³/mol. The van der Waals surface area contributed by atoms with Crippen LogP contribution < -0.4 is 10.2 Å². The molecule has 4 unspecified atom stereocenters. The second kappa shape index (κ2) is 8.05. The van der Waals surface area contributed by atoms with Gasteiger partial charge in [0.2, 0.25) is 5.91 Å². The Morgan fingerprint density at radius 3 is 2.71 bits per heavy atom. The van der Waals surface area contributed by atoms with Crippen LogP contribution in [0.3, 0.4) is 0 Å². The molecule has 2 bridgehead atoms. The topological polar surface area (TPSA) is 64.2 Å². The molecule has 0 radical (unpaired) electrons. The Labute approximate surface area is 201 Å². The third kappa shape index (κ3) is 3.53. The molecule has 6 rings (SSSR count). The Morgan fingerprint density at radius 2 is 1.94 bits per heavy atom. The number of furan rings is 1. The van der Waals surface area contributed by atoms with Gasteiger partial charge in [0.15, 0.2) is 0 Å². The summed E-state index contributed by atoms with van der Waals surface area (Å²) in [5.74, 6) is 1.70. The van der Waals surface area contributed by atoms with E-state index < -0.39 is 17.6 Å². The maximum atomic E-state index is 13.3. The van der Waals surface area contributed by atoms with Gasteiger partial charge in [0.1, 0.15) is 12.3 Å². The van der Waals surface area contributed by atoms with Crippen molar-refractivity contribution in [3.63, 3.8) is 0 Å². The van der Waals surface area contributed by atoms with Crippen molar-refractivity contribution in [2.24, 2.45) is 17.8 Å². The SMILES string of the molecule is O=C(Cn1c2c(sc1=O)[C@@H](c1ccco1)C1C3CCC(C3)C1S2)Nc1ccccc1C(F)(F)F. The Morgan fingerprint density at radius 1 is 1.15 bits per heavy atom. The number of thiazole rings is 1. The Hall–Kier alpha value is -2.46. The molecular formula is C24H21F3N2O3S2. The standard InChI is InChI=1S/C24H21F3N2O3S2/c25-24(26,27)14-4-1-2-5-15(14)28-17(30)11-29-22-21(34-23(29)31)19(16-6-3-9-32-16)18-12-7-8-13(10-12)20(18)33-22/h1-6,9,12-13,18-20H,7-8,10-11H2,(H,28,30)/t12?,13?,18?,19-,20?/m0/s1. The van der Waals surface area contributed by atoms with Crippen LogP contribution in [0.1, 0.15) is 41.4 Å². The normalized spacial score (nSPS) is 27.4. The van der Waals surface area contributed by atoms with Gasteiger partial charge in [0.25, 0.3) is 0 Å². The van der Waals surface area contributed by atoms with Crippen LogP contribution in [0.2, 0.25) is 0 Å². The molecule has 2 aliphatic carbocycles. The van der Waals surface area contributed by atoms with Gasteiger partial charge in [-0.05, 0) is 61.3 Å². The van der Waals surface area contributed by atoms with Crippen molar-refractivity contribution in [3.05, 3.63) is 68.5 Å². The highest BCUT2D eigenvalue weighted by atomic mass is 32.2. The van der Waals surface area contributed by atoms with Crippen LogP contribution in [-0.4, -0.2) is 15.7 Å². The molecule has 1 aromatic carbocycles. The molecule has 2 saturated carbocycles. The van der Waals surface area contributed by atoms with Crippen LogP contribution in [0.4, 0.5) is 18.9 Å². The van der Waals surface area contributed by atoms with Gasteiger partial charge in [-0.15, -0.1) is 11.8 Å². The summed E-state index contributed by atoms with van der Waals surface area (Å²) in [7, 11) is 0. The number of amides is 1. The zero-order chi connectivity index (χ0) is 23.6. The van der Waals surface area contributed by atoms with Gasteiger partial charge >= 0.3 is 11.0 Å². The van der Waals surface area contributed by atoms with Crippen molar-refractivity contribution in [1.29, 1.82) is 0 Å². The first-order valence-corrected chi connectivity index (χ1v) is 12.9. The third-order valence-corrected chi connectivity index (χ3v) is 10.2. The first-order chi connectivity index (χ1) is 16.3. The first kappa shape index (κ1) is 22.0. The number of anilines is 1. The molecule has 0 saturated heterocycles. The second-order valence-corrected chi connectivity index (χ2v) is 11.4. The van der Waals surface area contributed by atoms with Crippen LogP contribution in [0.25, 0.3) is 0 Å². The summed E-state index contributed by atoms with van der Waals surface area (Å²) in [4.78, 5) is 26.4. The third-order valence-electron chi connectivity index (χ3n) is 7.35. The smallest absolute Gasteiger partial charge is 0.418 e. The van der Waals surface area contributed by atoms with Crippen molar-refractivity contribution in [3.8, 4) is 0 Å². The molecule has 1 amide bonds. The highest BCUT2D eigenvalue weighted by Gasteiger charge is 2.56. The summed E-state index contributed by atoms with van der Waals surface area (Å²) in [5, 5.41) is 3.46. The number of alkyl halides is 3. The minimum atomic E-state index is -4.59. The largest absolute Gasteiger partial charge is 0.469 e. The molecule has 5 nitrogen and oxygen atoms in total. The number of hydrogen-bond donors (Lipinski definition) is 1. The molecule has 3 aliphatic rings. The van der Waals surface area contributed by atoms with Crippen molar-refractivity contribution in [2.75, 3.05) is 5.32 Å². The summed E-state index contributed by atoms with van der Waals surface area (Å²) in [6.45, 7) is -0.333. The van der Waals surface area contributed by atoms with Crippen LogP contribution in [0.15, 0.2) is 56.9 Å². The van der Waals surface area contributed by atoms with Gasteiger partial charge in [0.05, 0.1) is 33.3 Å². The van der Waals surface area contributed by atoms with Crippen molar-refractivity contribution < 1.29 is 22.4 Å². The number of halogens is 3. The quantitative estimate of drug-likeness (QED) is 0.485. The Kier molecular flexibility index (Phi) is 5.22. The van der Waals surface area contributed by atoms with Gasteiger partial charge in [-0.1, -0.05) is 23.5 Å². The van der Waals surface area contributed by atoms with Crippen molar-refractivity contribution >= 4 is 34.7 Å². The van der Waals surface area contributed by atoms with E-state index in [1.54, 1.807) is 18.0 Å². The Bertz CT molecular complexity index is 1300. The minimum absolute atomic E-state index is 0.0282. The molecule has 1 aliphatic heterocycles. The van der Waals surface area contributed by atoms with Gasteiger partial charge in [0, 0.05) is 5.25 Å². The van der Waals surface area contributed by atoms with E-state index in [1.165, 1.54) is 42.0 Å². The minimum Gasteiger partial charge on any atom is -0.469 e. The second-order valence-electron chi connectivity index (χ2n) is 9.20. The molecule has 1 N–H and O–H groups in total. The fourth-order valence-electron chi connectivity index (χ4n) is 6.05. The lowest BCUT2D eigenvalue weighted by Gasteiger charge is -2.39. The lowest BCUT2D eigenvalue weighted by atomic mass is 9.77. The van der Waals surface area contributed by atoms with E-state index >= 15 is 0 Å². The van der Waals surface area contributed by atoms with E-state index in [0.717, 1.165) is 33.1 Å². The van der Waals surface area contributed by atoms with Crippen molar-refractivity contribution in [2.45, 2.75) is 48.2 Å². The van der Waals surface area contributed by atoms with Crippen LogP contribution in [0, 0.1) is 17.8 Å². The van der Waals surface area contributed by atoms with Gasteiger partial charge in [-0.2, -0.15) is 13.2 Å². The van der Waals surface area contributed by atoms with E-state index in [0.29, 0.717) is 23.0 Å². The molecule has 0 spiro atoms. The zero-order valence-corrected chi connectivity index (χ0v) is 19.5. The summed E-state index contributed by atoms with van der Waals surface area (Å²) in [5.41, 5.74) is -1.23. The fourth-order valence-corrected chi connectivity index (χ4v) is 9.18. The van der Waals surface area contributed by atoms with E-state index in [4.69, 9.17) is 4.42 Å². The van der Waals surface area contributed by atoms with Gasteiger partial charge < -0.3 is 9.73 Å².